The Hall–Kier alpha value is -0.520. The highest BCUT2D eigenvalue weighted by molar-refractivity contribution is 7.03. The van der Waals surface area contributed by atoms with Crippen LogP contribution in [0.4, 0.5) is 0 Å². The summed E-state index contributed by atoms with van der Waals surface area (Å²) in [6, 6.07) is 0.668. The topological polar surface area (TPSA) is 41.1 Å². The Labute approximate surface area is 82.1 Å². The summed E-state index contributed by atoms with van der Waals surface area (Å²) in [4.78, 5) is 2.34. The molecule has 0 bridgehead atoms. The number of rotatable bonds is 3. The van der Waals surface area contributed by atoms with Crippen LogP contribution in [-0.4, -0.2) is 40.7 Å². The minimum atomic E-state index is 0.668. The van der Waals surface area contributed by atoms with Crippen molar-refractivity contribution in [1.82, 2.24) is 19.8 Å². The van der Waals surface area contributed by atoms with Crippen LogP contribution in [0, 0.1) is 0 Å². The summed E-state index contributed by atoms with van der Waals surface area (Å²) in [5.41, 5.74) is 1.08. The van der Waals surface area contributed by atoms with Crippen molar-refractivity contribution in [3.63, 3.8) is 0 Å². The first-order chi connectivity index (χ1) is 6.36. The zero-order chi connectivity index (χ0) is 9.10. The molecule has 0 spiro atoms. The Morgan fingerprint density at radius 2 is 2.69 bits per heavy atom. The lowest BCUT2D eigenvalue weighted by Gasteiger charge is -2.21. The molecule has 0 amide bonds. The second-order valence-corrected chi connectivity index (χ2v) is 4.07. The second-order valence-electron chi connectivity index (χ2n) is 3.46. The van der Waals surface area contributed by atoms with Gasteiger partial charge in [0.1, 0.15) is 0 Å². The summed E-state index contributed by atoms with van der Waals surface area (Å²) < 4.78 is 3.85. The van der Waals surface area contributed by atoms with Crippen LogP contribution >= 0.6 is 11.5 Å². The first-order valence-electron chi connectivity index (χ1n) is 4.53. The zero-order valence-electron chi connectivity index (χ0n) is 7.73. The fraction of sp³-hybridized carbons (Fsp3) is 0.750. The van der Waals surface area contributed by atoms with Crippen molar-refractivity contribution < 1.29 is 0 Å². The predicted molar refractivity (Wildman–Crippen MR) is 52.7 cm³/mol. The fourth-order valence-corrected chi connectivity index (χ4v) is 2.10. The molecular weight excluding hydrogens is 184 g/mol. The predicted octanol–water partition coefficient (Wildman–Crippen LogP) is 0.332. The monoisotopic (exact) mass is 198 g/mol. The van der Waals surface area contributed by atoms with Gasteiger partial charge in [-0.05, 0) is 31.5 Å². The van der Waals surface area contributed by atoms with Gasteiger partial charge in [-0.2, -0.15) is 0 Å². The van der Waals surface area contributed by atoms with E-state index in [0.717, 1.165) is 25.3 Å². The first-order valence-corrected chi connectivity index (χ1v) is 5.37. The summed E-state index contributed by atoms with van der Waals surface area (Å²) in [6.07, 6.45) is 1.24. The number of nitrogens with zero attached hydrogens (tertiary/aromatic N) is 3. The van der Waals surface area contributed by atoms with E-state index in [9.17, 15) is 0 Å². The molecule has 1 aromatic rings. The Balaban J connectivity index is 1.87. The third-order valence-corrected chi connectivity index (χ3v) is 3.03. The average molecular weight is 198 g/mol. The van der Waals surface area contributed by atoms with Crippen molar-refractivity contribution in [2.75, 3.05) is 20.1 Å². The quantitative estimate of drug-likeness (QED) is 0.760. The molecule has 4 nitrogen and oxygen atoms in total. The highest BCUT2D eigenvalue weighted by Gasteiger charge is 2.19. The van der Waals surface area contributed by atoms with Crippen LogP contribution in [0.15, 0.2) is 5.38 Å². The van der Waals surface area contributed by atoms with Gasteiger partial charge in [0.2, 0.25) is 0 Å². The maximum absolute atomic E-state index is 4.03. The van der Waals surface area contributed by atoms with Gasteiger partial charge in [0.25, 0.3) is 0 Å². The summed E-state index contributed by atoms with van der Waals surface area (Å²) in [7, 11) is 2.15. The van der Waals surface area contributed by atoms with E-state index in [1.165, 1.54) is 18.0 Å². The van der Waals surface area contributed by atoms with Gasteiger partial charge in [0.05, 0.1) is 5.69 Å². The van der Waals surface area contributed by atoms with Crippen molar-refractivity contribution in [2.45, 2.75) is 19.0 Å². The molecule has 1 aliphatic heterocycles. The molecule has 1 fully saturated rings. The van der Waals surface area contributed by atoms with Gasteiger partial charge in [-0.1, -0.05) is 4.49 Å². The minimum absolute atomic E-state index is 0.668. The van der Waals surface area contributed by atoms with Gasteiger partial charge in [0, 0.05) is 24.5 Å². The van der Waals surface area contributed by atoms with E-state index in [-0.39, 0.29) is 0 Å². The molecule has 1 saturated heterocycles. The van der Waals surface area contributed by atoms with Crippen LogP contribution in [0.1, 0.15) is 12.1 Å². The van der Waals surface area contributed by atoms with E-state index < -0.39 is 0 Å². The van der Waals surface area contributed by atoms with E-state index in [2.05, 4.69) is 26.9 Å². The van der Waals surface area contributed by atoms with Gasteiger partial charge in [-0.25, -0.2) is 0 Å². The normalized spacial score (nSPS) is 22.8. The number of likely N-dealkylation sites (N-methyl/N-ethyl adjacent to an activating group) is 1. The maximum Gasteiger partial charge on any atom is 0.0895 e. The molecule has 1 N–H and O–H groups in total. The van der Waals surface area contributed by atoms with Crippen LogP contribution in [0.5, 0.6) is 0 Å². The zero-order valence-corrected chi connectivity index (χ0v) is 8.55. The number of nitrogens with one attached hydrogen (secondary N) is 1. The molecule has 2 heterocycles. The Morgan fingerprint density at radius 1 is 1.77 bits per heavy atom. The lowest BCUT2D eigenvalue weighted by atomic mass is 10.2. The van der Waals surface area contributed by atoms with Crippen LogP contribution < -0.4 is 5.32 Å². The number of hydrogen-bond acceptors (Lipinski definition) is 5. The molecule has 1 unspecified atom stereocenters. The Bertz CT molecular complexity index is 243. The van der Waals surface area contributed by atoms with Crippen molar-refractivity contribution in [2.24, 2.45) is 0 Å². The Morgan fingerprint density at radius 3 is 3.31 bits per heavy atom. The van der Waals surface area contributed by atoms with Gasteiger partial charge in [-0.15, -0.1) is 5.10 Å². The smallest absolute Gasteiger partial charge is 0.0895 e. The standard InChI is InChI=1S/C8H14N4S/c1-12(8-2-3-9-4-8)5-7-6-13-11-10-7/h6,8-9H,2-5H2,1H3. The van der Waals surface area contributed by atoms with Crippen LogP contribution in [0.3, 0.4) is 0 Å². The lowest BCUT2D eigenvalue weighted by Crippen LogP contribution is -2.32. The molecule has 72 valence electrons. The van der Waals surface area contributed by atoms with Gasteiger partial charge in [0.15, 0.2) is 0 Å². The summed E-state index contributed by atoms with van der Waals surface area (Å²) in [5.74, 6) is 0. The van der Waals surface area contributed by atoms with E-state index in [4.69, 9.17) is 0 Å². The third-order valence-electron chi connectivity index (χ3n) is 2.47. The summed E-state index contributed by atoms with van der Waals surface area (Å²) >= 11 is 1.42. The van der Waals surface area contributed by atoms with Crippen molar-refractivity contribution >= 4 is 11.5 Å². The number of hydrogen-bond donors (Lipinski definition) is 1. The Kier molecular flexibility index (Phi) is 2.87. The highest BCUT2D eigenvalue weighted by atomic mass is 32.1. The fourth-order valence-electron chi connectivity index (χ4n) is 1.65. The average Bonchev–Trinajstić information content (AvgIpc) is 2.74. The first kappa shape index (κ1) is 9.05. The molecule has 1 aromatic heterocycles. The van der Waals surface area contributed by atoms with Crippen LogP contribution in [0.2, 0.25) is 0 Å². The molecule has 0 saturated carbocycles. The molecule has 1 aliphatic rings. The number of aromatic nitrogens is 2. The largest absolute Gasteiger partial charge is 0.315 e. The maximum atomic E-state index is 4.03. The second kappa shape index (κ2) is 4.13. The van der Waals surface area contributed by atoms with E-state index in [1.54, 1.807) is 0 Å². The van der Waals surface area contributed by atoms with Gasteiger partial charge in [-0.3, -0.25) is 4.90 Å². The minimum Gasteiger partial charge on any atom is -0.315 e. The van der Waals surface area contributed by atoms with E-state index in [0.29, 0.717) is 6.04 Å². The van der Waals surface area contributed by atoms with Gasteiger partial charge < -0.3 is 5.32 Å². The molecule has 13 heavy (non-hydrogen) atoms. The third kappa shape index (κ3) is 2.24. The van der Waals surface area contributed by atoms with E-state index >= 15 is 0 Å². The molecule has 1 atom stereocenters. The molecule has 0 radical (unpaired) electrons. The summed E-state index contributed by atoms with van der Waals surface area (Å²) in [6.45, 7) is 3.17. The van der Waals surface area contributed by atoms with Crippen molar-refractivity contribution in [3.05, 3.63) is 11.1 Å². The summed E-state index contributed by atoms with van der Waals surface area (Å²) in [5, 5.41) is 9.40. The van der Waals surface area contributed by atoms with Crippen molar-refractivity contribution in [3.8, 4) is 0 Å². The van der Waals surface area contributed by atoms with Crippen LogP contribution in [-0.2, 0) is 6.54 Å². The van der Waals surface area contributed by atoms with E-state index in [1.807, 2.05) is 5.38 Å². The SMILES string of the molecule is CN(Cc1csnn1)C1CCNC1. The van der Waals surface area contributed by atoms with Crippen molar-refractivity contribution in [1.29, 1.82) is 0 Å². The lowest BCUT2D eigenvalue weighted by molar-refractivity contribution is 0.246. The molecule has 5 heteroatoms. The van der Waals surface area contributed by atoms with Gasteiger partial charge >= 0.3 is 0 Å². The molecule has 2 rings (SSSR count). The van der Waals surface area contributed by atoms with Crippen LogP contribution in [0.25, 0.3) is 0 Å². The molecule has 0 aromatic carbocycles. The highest BCUT2D eigenvalue weighted by Crippen LogP contribution is 2.09. The molecular formula is C8H14N4S. The molecule has 0 aliphatic carbocycles.